The summed E-state index contributed by atoms with van der Waals surface area (Å²) < 4.78 is 11.6. The Labute approximate surface area is 345 Å². The number of alkyl carbamates (subject to hydrolysis) is 1. The summed E-state index contributed by atoms with van der Waals surface area (Å²) in [6, 6.07) is 31.6. The summed E-state index contributed by atoms with van der Waals surface area (Å²) in [4.78, 5) is 59.4. The van der Waals surface area contributed by atoms with Crippen molar-refractivity contribution in [3.63, 3.8) is 0 Å². The number of aromatic nitrogens is 1. The molecule has 0 aliphatic heterocycles. The van der Waals surface area contributed by atoms with Crippen LogP contribution in [0.5, 0.6) is 0 Å². The van der Waals surface area contributed by atoms with Crippen LogP contribution in [0.15, 0.2) is 135 Å². The Morgan fingerprint density at radius 3 is 2.20 bits per heavy atom. The van der Waals surface area contributed by atoms with E-state index in [1.807, 2.05) is 97.2 Å². The standard InChI is InChI=1S/C48H52N4O7/c1-3-5-23-44(51-48(57)59-32-42-40-21-11-9-19-38(40)39-20-10-12-22-41(39)42)47(56)58-31-36(27-35-29-49-43-24-14-13-18-37(35)43)50-46(55)34(15-4-2)28-45(54)52(25-26-53)30-33-16-7-6-8-17-33/h3-4,6-14,16-22,24,29,34,36,42,44,49,53H,1-2,5,15,23,25-28,30-32H2,(H,50,55)(H,51,57)/t34-,36+,44+/m1/s1. The zero-order chi connectivity index (χ0) is 41.6. The number of carbonyl (C=O) groups is 4. The van der Waals surface area contributed by atoms with Gasteiger partial charge in [-0.3, -0.25) is 9.59 Å². The number of esters is 1. The topological polar surface area (TPSA) is 150 Å². The van der Waals surface area contributed by atoms with Crippen molar-refractivity contribution < 1.29 is 33.8 Å². The van der Waals surface area contributed by atoms with Gasteiger partial charge in [-0.25, -0.2) is 9.59 Å². The van der Waals surface area contributed by atoms with Gasteiger partial charge in [0.1, 0.15) is 19.3 Å². The number of rotatable bonds is 21. The number of aromatic amines is 1. The molecule has 6 rings (SSSR count). The van der Waals surface area contributed by atoms with Crippen LogP contribution in [0.1, 0.15) is 53.9 Å². The molecule has 0 bridgehead atoms. The monoisotopic (exact) mass is 796 g/mol. The van der Waals surface area contributed by atoms with E-state index in [1.165, 1.54) is 4.90 Å². The molecule has 11 heteroatoms. The van der Waals surface area contributed by atoms with E-state index in [0.29, 0.717) is 19.4 Å². The van der Waals surface area contributed by atoms with Gasteiger partial charge < -0.3 is 35.1 Å². The molecule has 59 heavy (non-hydrogen) atoms. The number of nitrogens with zero attached hydrogens (tertiary/aromatic N) is 1. The van der Waals surface area contributed by atoms with Crippen molar-refractivity contribution in [3.8, 4) is 11.1 Å². The first-order chi connectivity index (χ1) is 28.8. The highest BCUT2D eigenvalue weighted by atomic mass is 16.6. The Balaban J connectivity index is 1.13. The number of H-pyrrole nitrogens is 1. The highest BCUT2D eigenvalue weighted by Crippen LogP contribution is 2.44. The number of hydrogen-bond donors (Lipinski definition) is 4. The Morgan fingerprint density at radius 1 is 0.831 bits per heavy atom. The Bertz CT molecular complexity index is 2190. The van der Waals surface area contributed by atoms with Crippen LogP contribution in [0.2, 0.25) is 0 Å². The quantitative estimate of drug-likeness (QED) is 0.0453. The van der Waals surface area contributed by atoms with Gasteiger partial charge in [0.2, 0.25) is 11.8 Å². The number of allylic oxidation sites excluding steroid dienone is 2. The lowest BCUT2D eigenvalue weighted by molar-refractivity contribution is -0.147. The van der Waals surface area contributed by atoms with E-state index in [0.717, 1.165) is 44.3 Å². The minimum Gasteiger partial charge on any atom is -0.462 e. The van der Waals surface area contributed by atoms with Crippen molar-refractivity contribution in [2.24, 2.45) is 5.92 Å². The lowest BCUT2D eigenvalue weighted by atomic mass is 9.97. The molecule has 0 unspecified atom stereocenters. The highest BCUT2D eigenvalue weighted by Gasteiger charge is 2.31. The third-order valence-electron chi connectivity index (χ3n) is 10.7. The molecular formula is C48H52N4O7. The first-order valence-corrected chi connectivity index (χ1v) is 20.1. The number of benzene rings is 4. The molecule has 4 N–H and O–H groups in total. The summed E-state index contributed by atoms with van der Waals surface area (Å²) in [5.74, 6) is -2.29. The normalized spacial score (nSPS) is 13.3. The maximum atomic E-state index is 14.0. The van der Waals surface area contributed by atoms with Gasteiger partial charge in [0.25, 0.3) is 0 Å². The van der Waals surface area contributed by atoms with Crippen LogP contribution in [-0.2, 0) is 36.8 Å². The van der Waals surface area contributed by atoms with Gasteiger partial charge in [0.15, 0.2) is 0 Å². The molecule has 306 valence electrons. The predicted molar refractivity (Wildman–Crippen MR) is 228 cm³/mol. The number of aliphatic hydroxyl groups is 1. The number of aliphatic hydroxyl groups excluding tert-OH is 1. The number of carbonyl (C=O) groups excluding carboxylic acids is 4. The molecule has 11 nitrogen and oxygen atoms in total. The summed E-state index contributed by atoms with van der Waals surface area (Å²) >= 11 is 0. The van der Waals surface area contributed by atoms with Crippen molar-refractivity contribution in [1.82, 2.24) is 20.5 Å². The smallest absolute Gasteiger partial charge is 0.407 e. The SMILES string of the molecule is C=CCC[C@H](NC(=O)OCC1c2ccccc2-c2ccccc21)C(=O)OC[C@H](Cc1c[nH]c2ccccc12)NC(=O)[C@H](CC=C)CC(=O)N(CCO)Cc1ccccc1. The number of fused-ring (bicyclic) bond motifs is 4. The van der Waals surface area contributed by atoms with E-state index < -0.39 is 36.0 Å². The fraction of sp³-hybridized carbons (Fsp3) is 0.292. The molecule has 3 atom stereocenters. The molecule has 4 aromatic carbocycles. The van der Waals surface area contributed by atoms with E-state index in [9.17, 15) is 24.3 Å². The van der Waals surface area contributed by atoms with Crippen molar-refractivity contribution in [1.29, 1.82) is 0 Å². The Hall–Kier alpha value is -6.46. The summed E-state index contributed by atoms with van der Waals surface area (Å²) in [6.07, 6.45) is 5.43. The van der Waals surface area contributed by atoms with Crippen molar-refractivity contribution in [2.75, 3.05) is 26.4 Å². The Morgan fingerprint density at radius 2 is 1.51 bits per heavy atom. The minimum absolute atomic E-state index is 0.0835. The van der Waals surface area contributed by atoms with Crippen molar-refractivity contribution >= 4 is 34.8 Å². The maximum Gasteiger partial charge on any atom is 0.407 e. The van der Waals surface area contributed by atoms with Gasteiger partial charge >= 0.3 is 12.1 Å². The molecule has 1 aromatic heterocycles. The second-order valence-electron chi connectivity index (χ2n) is 14.7. The second-order valence-corrected chi connectivity index (χ2v) is 14.7. The molecule has 0 spiro atoms. The molecule has 1 aliphatic carbocycles. The largest absolute Gasteiger partial charge is 0.462 e. The first kappa shape index (κ1) is 42.2. The number of hydrogen-bond acceptors (Lipinski definition) is 7. The fourth-order valence-electron chi connectivity index (χ4n) is 7.68. The van der Waals surface area contributed by atoms with E-state index in [1.54, 1.807) is 12.2 Å². The molecule has 3 amide bonds. The number of para-hydroxylation sites is 1. The minimum atomic E-state index is -1.04. The summed E-state index contributed by atoms with van der Waals surface area (Å²) in [5, 5.41) is 16.4. The highest BCUT2D eigenvalue weighted by molar-refractivity contribution is 5.87. The van der Waals surface area contributed by atoms with E-state index >= 15 is 0 Å². The van der Waals surface area contributed by atoms with Gasteiger partial charge in [-0.15, -0.1) is 13.2 Å². The number of nitrogens with one attached hydrogen (secondary N) is 3. The van der Waals surface area contributed by atoms with E-state index in [-0.39, 0.29) is 57.5 Å². The van der Waals surface area contributed by atoms with Gasteiger partial charge in [-0.2, -0.15) is 0 Å². The predicted octanol–water partition coefficient (Wildman–Crippen LogP) is 7.22. The second kappa shape index (κ2) is 20.8. The van der Waals surface area contributed by atoms with Crippen LogP contribution in [0.4, 0.5) is 4.79 Å². The average molecular weight is 797 g/mol. The van der Waals surface area contributed by atoms with Crippen LogP contribution < -0.4 is 10.6 Å². The van der Waals surface area contributed by atoms with Gasteiger partial charge in [-0.1, -0.05) is 109 Å². The van der Waals surface area contributed by atoms with Crippen LogP contribution in [0, 0.1) is 5.92 Å². The lowest BCUT2D eigenvalue weighted by Crippen LogP contribution is -2.47. The molecule has 0 saturated carbocycles. The van der Waals surface area contributed by atoms with Gasteiger partial charge in [0.05, 0.1) is 18.6 Å². The van der Waals surface area contributed by atoms with Crippen LogP contribution >= 0.6 is 0 Å². The van der Waals surface area contributed by atoms with Crippen molar-refractivity contribution in [2.45, 2.75) is 56.7 Å². The molecule has 0 radical (unpaired) electrons. The molecule has 5 aromatic rings. The summed E-state index contributed by atoms with van der Waals surface area (Å²) in [7, 11) is 0. The maximum absolute atomic E-state index is 14.0. The molecular weight excluding hydrogens is 745 g/mol. The lowest BCUT2D eigenvalue weighted by Gasteiger charge is -2.26. The van der Waals surface area contributed by atoms with Crippen LogP contribution in [0.25, 0.3) is 22.0 Å². The average Bonchev–Trinajstić information content (AvgIpc) is 3.81. The zero-order valence-corrected chi connectivity index (χ0v) is 33.2. The fourth-order valence-corrected chi connectivity index (χ4v) is 7.68. The Kier molecular flexibility index (Phi) is 14.9. The summed E-state index contributed by atoms with van der Waals surface area (Å²) in [5.41, 5.74) is 7.07. The molecule has 0 saturated heterocycles. The van der Waals surface area contributed by atoms with E-state index in [2.05, 4.69) is 40.9 Å². The van der Waals surface area contributed by atoms with Gasteiger partial charge in [-0.05, 0) is 65.1 Å². The molecule has 1 heterocycles. The third kappa shape index (κ3) is 10.9. The molecule has 1 aliphatic rings. The van der Waals surface area contributed by atoms with Crippen LogP contribution in [-0.4, -0.2) is 77.3 Å². The molecule has 0 fully saturated rings. The first-order valence-electron chi connectivity index (χ1n) is 20.1. The number of ether oxygens (including phenoxy) is 2. The summed E-state index contributed by atoms with van der Waals surface area (Å²) in [6.45, 7) is 7.66. The van der Waals surface area contributed by atoms with Crippen molar-refractivity contribution in [3.05, 3.63) is 157 Å². The van der Waals surface area contributed by atoms with Gasteiger partial charge in [0, 0.05) is 42.5 Å². The number of amides is 3. The van der Waals surface area contributed by atoms with E-state index in [4.69, 9.17) is 9.47 Å². The third-order valence-corrected chi connectivity index (χ3v) is 10.7. The van der Waals surface area contributed by atoms with Crippen LogP contribution in [0.3, 0.4) is 0 Å². The zero-order valence-electron chi connectivity index (χ0n) is 33.2.